The lowest BCUT2D eigenvalue weighted by molar-refractivity contribution is -0.389. The molecule has 0 radical (unpaired) electrons. The van der Waals surface area contributed by atoms with Crippen LogP contribution >= 0.6 is 0 Å². The van der Waals surface area contributed by atoms with Gasteiger partial charge in [-0.3, -0.25) is 4.79 Å². The minimum Gasteiger partial charge on any atom is -0.358 e. The largest absolute Gasteiger partial charge is 0.358 e. The van der Waals surface area contributed by atoms with E-state index in [0.717, 1.165) is 26.2 Å². The molecular formula is C11H14N4O3. The van der Waals surface area contributed by atoms with Gasteiger partial charge >= 0.3 is 5.82 Å². The Morgan fingerprint density at radius 3 is 2.56 bits per heavy atom. The van der Waals surface area contributed by atoms with Crippen molar-refractivity contribution in [1.29, 1.82) is 0 Å². The molecule has 7 heteroatoms. The highest BCUT2D eigenvalue weighted by Gasteiger charge is 2.39. The van der Waals surface area contributed by atoms with Gasteiger partial charge in [0.25, 0.3) is 5.91 Å². The van der Waals surface area contributed by atoms with Crippen LogP contribution in [-0.2, 0) is 0 Å². The van der Waals surface area contributed by atoms with E-state index < -0.39 is 4.92 Å². The first-order valence-electron chi connectivity index (χ1n) is 5.98. The van der Waals surface area contributed by atoms with Crippen LogP contribution in [0.3, 0.4) is 0 Å². The highest BCUT2D eigenvalue weighted by atomic mass is 16.6. The zero-order chi connectivity index (χ0) is 12.7. The molecule has 1 amide bonds. The molecular weight excluding hydrogens is 236 g/mol. The first kappa shape index (κ1) is 11.2. The summed E-state index contributed by atoms with van der Waals surface area (Å²) >= 11 is 0. The maximum absolute atomic E-state index is 12.2. The van der Waals surface area contributed by atoms with Gasteiger partial charge in [0.15, 0.2) is 5.69 Å². The van der Waals surface area contributed by atoms with Gasteiger partial charge in [-0.1, -0.05) is 0 Å². The number of carbonyl (C=O) groups excluding carboxylic acids is 1. The third kappa shape index (κ3) is 1.76. The van der Waals surface area contributed by atoms with E-state index in [1.165, 1.54) is 12.1 Å². The molecule has 0 aromatic carbocycles. The SMILES string of the molecule is O=C(c1ccc([N+](=O)[O-])[nH]1)N1C[C@H]2CNC[C@H]2C1. The number of H-pyrrole nitrogens is 1. The van der Waals surface area contributed by atoms with Gasteiger partial charge in [-0.05, 0) is 22.8 Å². The van der Waals surface area contributed by atoms with Crippen molar-refractivity contribution in [1.82, 2.24) is 15.2 Å². The molecule has 18 heavy (non-hydrogen) atoms. The summed E-state index contributed by atoms with van der Waals surface area (Å²) < 4.78 is 0. The van der Waals surface area contributed by atoms with Crippen LogP contribution in [0.4, 0.5) is 5.82 Å². The van der Waals surface area contributed by atoms with E-state index in [1.54, 1.807) is 4.90 Å². The Bertz CT molecular complexity index is 486. The number of nitro groups is 1. The van der Waals surface area contributed by atoms with Crippen molar-refractivity contribution >= 4 is 11.7 Å². The lowest BCUT2D eigenvalue weighted by atomic mass is 10.0. The summed E-state index contributed by atoms with van der Waals surface area (Å²) in [6, 6.07) is 2.80. The summed E-state index contributed by atoms with van der Waals surface area (Å²) in [5.74, 6) is 0.773. The fourth-order valence-electron chi connectivity index (χ4n) is 2.81. The second kappa shape index (κ2) is 4.09. The Morgan fingerprint density at radius 2 is 2.00 bits per heavy atom. The van der Waals surface area contributed by atoms with Crippen LogP contribution in [0.2, 0.25) is 0 Å². The average Bonchev–Trinajstić information content (AvgIpc) is 3.02. The van der Waals surface area contributed by atoms with Gasteiger partial charge in [-0.2, -0.15) is 0 Å². The summed E-state index contributed by atoms with van der Waals surface area (Å²) in [7, 11) is 0. The predicted molar refractivity (Wildman–Crippen MR) is 63.2 cm³/mol. The topological polar surface area (TPSA) is 91.3 Å². The molecule has 3 rings (SSSR count). The quantitative estimate of drug-likeness (QED) is 0.580. The highest BCUT2D eigenvalue weighted by molar-refractivity contribution is 5.93. The third-order valence-electron chi connectivity index (χ3n) is 3.77. The molecule has 2 atom stereocenters. The first-order chi connectivity index (χ1) is 8.65. The van der Waals surface area contributed by atoms with Crippen LogP contribution in [0.25, 0.3) is 0 Å². The fourth-order valence-corrected chi connectivity index (χ4v) is 2.81. The number of hydrogen-bond donors (Lipinski definition) is 2. The molecule has 1 aromatic rings. The van der Waals surface area contributed by atoms with Crippen molar-refractivity contribution in [3.8, 4) is 0 Å². The summed E-state index contributed by atoms with van der Waals surface area (Å²) in [6.45, 7) is 3.39. The standard InChI is InChI=1S/C11H14N4O3/c16-11(9-1-2-10(13-9)15(17)18)14-5-7-3-12-4-8(7)6-14/h1-2,7-8,12-13H,3-6H2/t7-,8+. The van der Waals surface area contributed by atoms with Crippen molar-refractivity contribution in [2.24, 2.45) is 11.8 Å². The lowest BCUT2D eigenvalue weighted by Crippen LogP contribution is -2.32. The van der Waals surface area contributed by atoms with Gasteiger partial charge in [-0.15, -0.1) is 0 Å². The number of aromatic amines is 1. The molecule has 0 aliphatic carbocycles. The van der Waals surface area contributed by atoms with Crippen LogP contribution in [0.5, 0.6) is 0 Å². The van der Waals surface area contributed by atoms with E-state index in [-0.39, 0.29) is 11.7 Å². The van der Waals surface area contributed by atoms with Gasteiger partial charge in [0.05, 0.1) is 0 Å². The van der Waals surface area contributed by atoms with Crippen molar-refractivity contribution in [2.45, 2.75) is 0 Å². The number of fused-ring (bicyclic) bond motifs is 1. The molecule has 2 aliphatic rings. The lowest BCUT2D eigenvalue weighted by Gasteiger charge is -2.15. The van der Waals surface area contributed by atoms with E-state index >= 15 is 0 Å². The Kier molecular flexibility index (Phi) is 2.55. The van der Waals surface area contributed by atoms with Gasteiger partial charge in [0.2, 0.25) is 0 Å². The number of nitrogens with one attached hydrogen (secondary N) is 2. The summed E-state index contributed by atoms with van der Waals surface area (Å²) in [4.78, 5) is 26.5. The molecule has 96 valence electrons. The van der Waals surface area contributed by atoms with E-state index in [0.29, 0.717) is 17.5 Å². The summed E-state index contributed by atoms with van der Waals surface area (Å²) in [5.41, 5.74) is 0.301. The van der Waals surface area contributed by atoms with Gasteiger partial charge < -0.3 is 20.3 Å². The van der Waals surface area contributed by atoms with Crippen LogP contribution in [0.1, 0.15) is 10.5 Å². The molecule has 2 fully saturated rings. The van der Waals surface area contributed by atoms with Gasteiger partial charge in [-0.25, -0.2) is 4.98 Å². The van der Waals surface area contributed by atoms with Crippen LogP contribution in [0.15, 0.2) is 12.1 Å². The summed E-state index contributed by atoms with van der Waals surface area (Å²) in [5, 5.41) is 13.9. The van der Waals surface area contributed by atoms with Crippen LogP contribution in [0, 0.1) is 22.0 Å². The van der Waals surface area contributed by atoms with E-state index in [2.05, 4.69) is 10.3 Å². The maximum atomic E-state index is 12.2. The van der Waals surface area contributed by atoms with Crippen molar-refractivity contribution < 1.29 is 9.72 Å². The van der Waals surface area contributed by atoms with Gasteiger partial charge in [0, 0.05) is 32.2 Å². The fraction of sp³-hybridized carbons (Fsp3) is 0.545. The van der Waals surface area contributed by atoms with Crippen molar-refractivity contribution in [3.05, 3.63) is 27.9 Å². The highest BCUT2D eigenvalue weighted by Crippen LogP contribution is 2.27. The number of nitrogens with zero attached hydrogens (tertiary/aromatic N) is 2. The van der Waals surface area contributed by atoms with Crippen molar-refractivity contribution in [2.75, 3.05) is 26.2 Å². The number of carbonyl (C=O) groups is 1. The molecule has 2 N–H and O–H groups in total. The molecule has 0 saturated carbocycles. The van der Waals surface area contributed by atoms with E-state index in [4.69, 9.17) is 0 Å². The average molecular weight is 250 g/mol. The zero-order valence-electron chi connectivity index (χ0n) is 9.76. The number of rotatable bonds is 2. The molecule has 2 saturated heterocycles. The van der Waals surface area contributed by atoms with Gasteiger partial charge in [0.1, 0.15) is 0 Å². The number of likely N-dealkylation sites (tertiary alicyclic amines) is 1. The zero-order valence-corrected chi connectivity index (χ0v) is 9.76. The predicted octanol–water partition coefficient (Wildman–Crippen LogP) is 0.214. The minimum absolute atomic E-state index is 0.139. The van der Waals surface area contributed by atoms with Crippen LogP contribution < -0.4 is 5.32 Å². The number of hydrogen-bond acceptors (Lipinski definition) is 4. The molecule has 0 bridgehead atoms. The minimum atomic E-state index is -0.528. The molecule has 7 nitrogen and oxygen atoms in total. The van der Waals surface area contributed by atoms with E-state index in [1.807, 2.05) is 0 Å². The molecule has 0 spiro atoms. The second-order valence-electron chi connectivity index (χ2n) is 4.90. The molecule has 1 aromatic heterocycles. The molecule has 0 unspecified atom stereocenters. The summed E-state index contributed by atoms with van der Waals surface area (Å²) in [6.07, 6.45) is 0. The normalized spacial score (nSPS) is 26.3. The number of aromatic nitrogens is 1. The Labute approximate surface area is 103 Å². The molecule has 2 aliphatic heterocycles. The van der Waals surface area contributed by atoms with Crippen molar-refractivity contribution in [3.63, 3.8) is 0 Å². The van der Waals surface area contributed by atoms with E-state index in [9.17, 15) is 14.9 Å². The van der Waals surface area contributed by atoms with Crippen LogP contribution in [-0.4, -0.2) is 46.9 Å². The third-order valence-corrected chi connectivity index (χ3v) is 3.77. The Hall–Kier alpha value is -1.89. The first-order valence-corrected chi connectivity index (χ1v) is 5.98. The Balaban J connectivity index is 1.72. The maximum Gasteiger partial charge on any atom is 0.321 e. The Morgan fingerprint density at radius 1 is 1.33 bits per heavy atom. The second-order valence-corrected chi connectivity index (χ2v) is 4.90. The number of amides is 1. The molecule has 3 heterocycles. The monoisotopic (exact) mass is 250 g/mol. The smallest absolute Gasteiger partial charge is 0.321 e.